The molecule has 1 heterocycles. The molecule has 1 aliphatic carbocycles. The molecule has 5 heteroatoms. The maximum absolute atomic E-state index is 13.6. The zero-order chi connectivity index (χ0) is 18.0. The van der Waals surface area contributed by atoms with Gasteiger partial charge in [-0.3, -0.25) is 4.79 Å². The molecule has 0 bridgehead atoms. The average Bonchev–Trinajstić information content (AvgIpc) is 2.70. The molecule has 0 N–H and O–H groups in total. The monoisotopic (exact) mass is 386 g/mol. The minimum absolute atomic E-state index is 0. The van der Waals surface area contributed by atoms with Gasteiger partial charge in [-0.05, 0) is 48.6 Å². The summed E-state index contributed by atoms with van der Waals surface area (Å²) in [6, 6.07) is 17.6. The van der Waals surface area contributed by atoms with Crippen molar-refractivity contribution in [1.29, 1.82) is 0 Å². The van der Waals surface area contributed by atoms with Gasteiger partial charge >= 0.3 is 51.4 Å². The Morgan fingerprint density at radius 3 is 2.56 bits per heavy atom. The van der Waals surface area contributed by atoms with Crippen LogP contribution in [0.1, 0.15) is 19.3 Å². The van der Waals surface area contributed by atoms with Crippen LogP contribution in [0, 0.1) is 5.92 Å². The number of methoxy groups -OCH3 is 1. The van der Waals surface area contributed by atoms with Crippen molar-refractivity contribution in [2.45, 2.75) is 24.8 Å². The fourth-order valence-corrected chi connectivity index (χ4v) is 4.04. The van der Waals surface area contributed by atoms with Crippen molar-refractivity contribution in [1.82, 2.24) is 0 Å². The number of fused-ring (bicyclic) bond motifs is 1. The Balaban J connectivity index is 0.00000210. The number of carbonyl (C=O) groups is 1. The third-order valence-electron chi connectivity index (χ3n) is 5.42. The summed E-state index contributed by atoms with van der Waals surface area (Å²) in [5, 5.41) is 5.01. The van der Waals surface area contributed by atoms with Gasteiger partial charge in [-0.2, -0.15) is 0 Å². The van der Waals surface area contributed by atoms with E-state index in [1.54, 1.807) is 7.11 Å². The molecule has 27 heavy (non-hydrogen) atoms. The summed E-state index contributed by atoms with van der Waals surface area (Å²) in [7, 11) is 1.65. The number of amides is 1. The Labute approximate surface area is 203 Å². The van der Waals surface area contributed by atoms with Crippen LogP contribution < -0.4 is 61.0 Å². The predicted molar refractivity (Wildman–Crippen MR) is 104 cm³/mol. The maximum atomic E-state index is 13.6. The van der Waals surface area contributed by atoms with Crippen LogP contribution in [0.15, 0.2) is 66.7 Å². The third kappa shape index (κ3) is 4.03. The van der Waals surface area contributed by atoms with Crippen molar-refractivity contribution in [3.63, 3.8) is 0 Å². The number of rotatable bonds is 4. The van der Waals surface area contributed by atoms with Gasteiger partial charge in [0.05, 0.1) is 7.11 Å². The molecule has 1 amide bonds. The predicted octanol–water partition coefficient (Wildman–Crippen LogP) is 1.85. The normalized spacial score (nSPS) is 24.0. The molecule has 1 aliphatic heterocycles. The first-order chi connectivity index (χ1) is 12.7. The van der Waals surface area contributed by atoms with Gasteiger partial charge < -0.3 is 15.0 Å². The van der Waals surface area contributed by atoms with Gasteiger partial charge in [-0.25, -0.2) is 0 Å². The van der Waals surface area contributed by atoms with E-state index in [1.807, 2.05) is 59.5 Å². The summed E-state index contributed by atoms with van der Waals surface area (Å²) < 4.78 is 5.23. The number of para-hydroxylation sites is 1. The van der Waals surface area contributed by atoms with Gasteiger partial charge in [-0.15, -0.1) is 5.69 Å². The molecule has 4 rings (SSSR count). The van der Waals surface area contributed by atoms with Gasteiger partial charge in [0.2, 0.25) is 5.91 Å². The maximum Gasteiger partial charge on any atom is 1.00 e. The quantitative estimate of drug-likeness (QED) is 0.595. The van der Waals surface area contributed by atoms with Crippen LogP contribution in [0.5, 0.6) is 5.75 Å². The van der Waals surface area contributed by atoms with Crippen LogP contribution in [0.3, 0.4) is 0 Å². The number of anilines is 1. The van der Waals surface area contributed by atoms with E-state index in [-0.39, 0.29) is 63.2 Å². The molecule has 1 saturated heterocycles. The van der Waals surface area contributed by atoms with Crippen molar-refractivity contribution in [2.75, 3.05) is 18.6 Å². The van der Waals surface area contributed by atoms with Gasteiger partial charge in [-0.1, -0.05) is 48.9 Å². The van der Waals surface area contributed by atoms with Crippen molar-refractivity contribution < 1.29 is 60.9 Å². The summed E-state index contributed by atoms with van der Waals surface area (Å²) in [4.78, 5) is 15.5. The number of hydrogen-bond acceptors (Lipinski definition) is 2. The molecule has 2 aliphatic rings. The van der Waals surface area contributed by atoms with Crippen LogP contribution in [-0.4, -0.2) is 25.1 Å². The third-order valence-corrected chi connectivity index (χ3v) is 5.42. The second-order valence-corrected chi connectivity index (χ2v) is 6.89. The van der Waals surface area contributed by atoms with E-state index < -0.39 is 5.54 Å². The van der Waals surface area contributed by atoms with Crippen LogP contribution >= 0.6 is 0 Å². The van der Waals surface area contributed by atoms with Gasteiger partial charge in [0.25, 0.3) is 0 Å². The Morgan fingerprint density at radius 1 is 1.11 bits per heavy atom. The van der Waals surface area contributed by atoms with E-state index in [9.17, 15) is 4.79 Å². The summed E-state index contributed by atoms with van der Waals surface area (Å²) in [6.07, 6.45) is 6.94. The number of piperidine rings is 1. The van der Waals surface area contributed by atoms with Gasteiger partial charge in [0.1, 0.15) is 5.75 Å². The molecular weight excluding hydrogens is 363 g/mol. The van der Waals surface area contributed by atoms with Gasteiger partial charge in [0.15, 0.2) is 0 Å². The number of benzene rings is 2. The van der Waals surface area contributed by atoms with Crippen molar-refractivity contribution in [2.24, 2.45) is 5.92 Å². The van der Waals surface area contributed by atoms with E-state index in [4.69, 9.17) is 10.1 Å². The van der Waals surface area contributed by atoms with E-state index in [1.165, 1.54) is 0 Å². The molecule has 134 valence electrons. The molecular formula is C22H23KN2O2. The minimum atomic E-state index is -0.711. The molecule has 0 saturated carbocycles. The smallest absolute Gasteiger partial charge is 0.671 e. The molecule has 4 nitrogen and oxygen atoms in total. The van der Waals surface area contributed by atoms with Crippen LogP contribution in [0.2, 0.25) is 0 Å². The number of allylic oxidation sites excluding steroid dienone is 1. The standard InChI is InChI=1S/C22H23N2O2.K/c1-26-20-12-10-18(11-13-20)23-22-15-6-5-7-17(22)14-16-24(21(22)25)19-8-3-2-4-9-19;/h2-5,7-13,17H,6,14-16H2,1H3;/q-1;+1/t17-,22+;/m0./s1. The summed E-state index contributed by atoms with van der Waals surface area (Å²) in [5.74, 6) is 1.06. The molecule has 1 fully saturated rings. The summed E-state index contributed by atoms with van der Waals surface area (Å²) in [6.45, 7) is 0.734. The molecule has 2 aromatic carbocycles. The van der Waals surface area contributed by atoms with E-state index in [2.05, 4.69) is 12.2 Å². The largest absolute Gasteiger partial charge is 1.00 e. The van der Waals surface area contributed by atoms with Crippen LogP contribution in [0.4, 0.5) is 11.4 Å². The summed E-state index contributed by atoms with van der Waals surface area (Å²) >= 11 is 0. The summed E-state index contributed by atoms with van der Waals surface area (Å²) in [5.41, 5.74) is 1.07. The van der Waals surface area contributed by atoms with Crippen molar-refractivity contribution in [3.05, 3.63) is 72.1 Å². The fourth-order valence-electron chi connectivity index (χ4n) is 4.04. The first-order valence-electron chi connectivity index (χ1n) is 9.13. The van der Waals surface area contributed by atoms with Crippen molar-refractivity contribution >= 4 is 17.3 Å². The first-order valence-corrected chi connectivity index (χ1v) is 9.13. The fraction of sp³-hybridized carbons (Fsp3) is 0.318. The zero-order valence-corrected chi connectivity index (χ0v) is 19.1. The number of nitrogens with zero attached hydrogens (tertiary/aromatic N) is 2. The second kappa shape index (κ2) is 8.93. The minimum Gasteiger partial charge on any atom is -0.671 e. The average molecular weight is 387 g/mol. The Kier molecular flexibility index (Phi) is 6.81. The Bertz CT molecular complexity index is 807. The molecule has 0 unspecified atom stereocenters. The zero-order valence-electron chi connectivity index (χ0n) is 16.0. The second-order valence-electron chi connectivity index (χ2n) is 6.89. The number of ether oxygens (including phenoxy) is 1. The number of hydrogen-bond donors (Lipinski definition) is 0. The molecule has 2 atom stereocenters. The van der Waals surface area contributed by atoms with Crippen LogP contribution in [-0.2, 0) is 4.79 Å². The molecule has 0 spiro atoms. The Morgan fingerprint density at radius 2 is 1.85 bits per heavy atom. The topological polar surface area (TPSA) is 43.6 Å². The SMILES string of the molecule is COc1ccc([N-][C@]23CCC=C[C@H]2CCN(c2ccccc2)C3=O)cc1.[K+]. The van der Waals surface area contributed by atoms with Gasteiger partial charge in [0, 0.05) is 12.2 Å². The van der Waals surface area contributed by atoms with E-state index in [0.29, 0.717) is 0 Å². The molecule has 0 radical (unpaired) electrons. The van der Waals surface area contributed by atoms with E-state index >= 15 is 0 Å². The Hall–Kier alpha value is -1.11. The first kappa shape index (κ1) is 20.6. The van der Waals surface area contributed by atoms with Crippen LogP contribution in [0.25, 0.3) is 5.32 Å². The molecule has 2 aromatic rings. The number of carbonyl (C=O) groups excluding carboxylic acids is 1. The molecule has 0 aromatic heterocycles. The van der Waals surface area contributed by atoms with Crippen molar-refractivity contribution in [3.8, 4) is 5.75 Å². The van der Waals surface area contributed by atoms with E-state index in [0.717, 1.165) is 42.9 Å².